The van der Waals surface area contributed by atoms with Crippen LogP contribution in [-0.2, 0) is 18.4 Å². The number of hydrogen-bond donors (Lipinski definition) is 3. The normalized spacial score (nSPS) is 38.1. The molecule has 1 aliphatic heterocycles. The number of piperidine rings is 1. The molecule has 3 saturated carbocycles. The van der Waals surface area contributed by atoms with Crippen LogP contribution in [0.2, 0.25) is 0 Å². The highest BCUT2D eigenvalue weighted by Crippen LogP contribution is 2.47. The van der Waals surface area contributed by atoms with Gasteiger partial charge in [-0.25, -0.2) is 17.6 Å². The molecule has 40 heavy (non-hydrogen) atoms. The van der Waals surface area contributed by atoms with Gasteiger partial charge in [0.25, 0.3) is 5.92 Å². The molecule has 1 aromatic heterocycles. The lowest BCUT2D eigenvalue weighted by Gasteiger charge is -2.47. The third-order valence-corrected chi connectivity index (χ3v) is 10.5. The molecule has 10 atom stereocenters. The highest BCUT2D eigenvalue weighted by Gasteiger charge is 2.52. The molecule has 5 rings (SSSR count). The van der Waals surface area contributed by atoms with Crippen LogP contribution in [-0.4, -0.2) is 51.9 Å². The number of amides is 1. The Balaban J connectivity index is 1.38. The van der Waals surface area contributed by atoms with Gasteiger partial charge >= 0.3 is 0 Å². The van der Waals surface area contributed by atoms with Gasteiger partial charge in [-0.2, -0.15) is 0 Å². The summed E-state index contributed by atoms with van der Waals surface area (Å²) >= 11 is 0. The predicted octanol–water partition coefficient (Wildman–Crippen LogP) is 4.98. The minimum Gasteiger partial charge on any atom is -0.352 e. The van der Waals surface area contributed by atoms with Crippen molar-refractivity contribution in [2.75, 3.05) is 6.54 Å². The van der Waals surface area contributed by atoms with Crippen molar-refractivity contribution in [3.8, 4) is 0 Å². The van der Waals surface area contributed by atoms with Crippen LogP contribution in [0.15, 0.2) is 12.4 Å². The lowest BCUT2D eigenvalue weighted by molar-refractivity contribution is -0.135. The van der Waals surface area contributed by atoms with E-state index in [1.807, 2.05) is 13.1 Å². The van der Waals surface area contributed by atoms with Crippen molar-refractivity contribution in [1.29, 1.82) is 5.41 Å². The maximum atomic E-state index is 16.5. The average Bonchev–Trinajstić information content (AvgIpc) is 3.71. The van der Waals surface area contributed by atoms with E-state index in [4.69, 9.17) is 5.41 Å². The van der Waals surface area contributed by atoms with Crippen molar-refractivity contribution < 1.29 is 22.4 Å². The summed E-state index contributed by atoms with van der Waals surface area (Å²) in [5.74, 6) is -5.11. The monoisotopic (exact) mass is 569 g/mol. The third-order valence-electron chi connectivity index (χ3n) is 10.5. The molecular formula is C30H47F4N5O. The van der Waals surface area contributed by atoms with Crippen molar-refractivity contribution in [1.82, 2.24) is 19.8 Å². The Morgan fingerprint density at radius 1 is 1.10 bits per heavy atom. The fourth-order valence-corrected chi connectivity index (χ4v) is 8.16. The van der Waals surface area contributed by atoms with E-state index >= 15 is 4.39 Å². The highest BCUT2D eigenvalue weighted by molar-refractivity contribution is 5.80. The Morgan fingerprint density at radius 3 is 2.45 bits per heavy atom. The van der Waals surface area contributed by atoms with Gasteiger partial charge in [-0.1, -0.05) is 6.92 Å². The molecule has 4 aliphatic rings. The van der Waals surface area contributed by atoms with E-state index in [2.05, 4.69) is 10.6 Å². The minimum atomic E-state index is -3.00. The van der Waals surface area contributed by atoms with Gasteiger partial charge in [0.15, 0.2) is 0 Å². The Kier molecular flexibility index (Phi) is 8.75. The molecule has 10 heteroatoms. The molecule has 1 aromatic rings. The van der Waals surface area contributed by atoms with Crippen LogP contribution in [0.1, 0.15) is 71.6 Å². The predicted molar refractivity (Wildman–Crippen MR) is 145 cm³/mol. The van der Waals surface area contributed by atoms with Gasteiger partial charge in [-0.3, -0.25) is 10.2 Å². The zero-order chi connectivity index (χ0) is 28.8. The van der Waals surface area contributed by atoms with Crippen LogP contribution < -0.4 is 16.3 Å². The molecule has 0 spiro atoms. The van der Waals surface area contributed by atoms with Gasteiger partial charge in [0, 0.05) is 39.0 Å². The number of hydrogen-bond acceptors (Lipinski definition) is 3. The maximum Gasteiger partial charge on any atom is 0.260 e. The quantitative estimate of drug-likeness (QED) is 0.387. The zero-order valence-electron chi connectivity index (χ0n) is 24.1. The van der Waals surface area contributed by atoms with E-state index in [-0.39, 0.29) is 29.7 Å². The van der Waals surface area contributed by atoms with E-state index in [1.54, 1.807) is 22.4 Å². The number of nitrogens with zero attached hydrogens (tertiary/aromatic N) is 2. The largest absolute Gasteiger partial charge is 0.352 e. The van der Waals surface area contributed by atoms with E-state index in [0.717, 1.165) is 32.6 Å². The summed E-state index contributed by atoms with van der Waals surface area (Å²) in [7, 11) is 1.78. The van der Waals surface area contributed by atoms with Crippen LogP contribution >= 0.6 is 0 Å². The van der Waals surface area contributed by atoms with Crippen LogP contribution in [0.4, 0.5) is 17.6 Å². The second-order valence-corrected chi connectivity index (χ2v) is 13.6. The molecule has 226 valence electrons. The second-order valence-electron chi connectivity index (χ2n) is 13.6. The van der Waals surface area contributed by atoms with Gasteiger partial charge in [0.1, 0.15) is 12.3 Å². The summed E-state index contributed by atoms with van der Waals surface area (Å²) in [4.78, 5) is 13.9. The van der Waals surface area contributed by atoms with Gasteiger partial charge in [0.05, 0.1) is 12.0 Å². The number of carbonyl (C=O) groups excluding carboxylic acids is 1. The van der Waals surface area contributed by atoms with Crippen molar-refractivity contribution in [2.45, 2.75) is 109 Å². The molecule has 3 N–H and O–H groups in total. The first-order valence-electron chi connectivity index (χ1n) is 15.4. The molecule has 6 nitrogen and oxygen atoms in total. The molecule has 4 fully saturated rings. The standard InChI is InChI=1S/C30H47F4N5O/c1-17-13-20(8-9-24(17)31)26(19-6-7-19)37-28(40)23-15-18(16-39-12-11-38(3)29(39)35)14-22(25(23)32)21-5-4-10-36-27(21)30(2,33)34/h11-12,17-27,35-36H,4-10,13-16H2,1-3H3,(H,37,40)/t17?,18?,20?,21?,22?,23?,24?,25?,26-,27?/m0/s1. The van der Waals surface area contributed by atoms with Crippen LogP contribution in [0.5, 0.6) is 0 Å². The smallest absolute Gasteiger partial charge is 0.260 e. The summed E-state index contributed by atoms with van der Waals surface area (Å²) in [6, 6.07) is -1.21. The number of halogens is 4. The van der Waals surface area contributed by atoms with Gasteiger partial charge < -0.3 is 19.8 Å². The number of aromatic nitrogens is 2. The molecule has 1 amide bonds. The van der Waals surface area contributed by atoms with Gasteiger partial charge in [0.2, 0.25) is 11.5 Å². The van der Waals surface area contributed by atoms with E-state index in [0.29, 0.717) is 56.7 Å². The van der Waals surface area contributed by atoms with Crippen molar-refractivity contribution in [3.63, 3.8) is 0 Å². The molecule has 1 saturated heterocycles. The van der Waals surface area contributed by atoms with Crippen LogP contribution in [0.25, 0.3) is 0 Å². The van der Waals surface area contributed by atoms with Crippen LogP contribution in [0, 0.1) is 46.8 Å². The summed E-state index contributed by atoms with van der Waals surface area (Å²) < 4.78 is 63.6. The second kappa shape index (κ2) is 11.8. The molecule has 3 aliphatic carbocycles. The topological polar surface area (TPSA) is 74.8 Å². The van der Waals surface area contributed by atoms with Crippen molar-refractivity contribution in [3.05, 3.63) is 18.0 Å². The maximum absolute atomic E-state index is 16.5. The van der Waals surface area contributed by atoms with Crippen molar-refractivity contribution >= 4 is 5.91 Å². The summed E-state index contributed by atoms with van der Waals surface area (Å²) in [5, 5.41) is 14.6. The fourth-order valence-electron chi connectivity index (χ4n) is 8.16. The first-order valence-corrected chi connectivity index (χ1v) is 15.4. The number of aryl methyl sites for hydroxylation is 1. The lowest BCUT2D eigenvalue weighted by Crippen LogP contribution is -2.58. The molecule has 0 aromatic carbocycles. The summed E-state index contributed by atoms with van der Waals surface area (Å²) in [6.07, 6.45) is 7.18. The third kappa shape index (κ3) is 6.31. The summed E-state index contributed by atoms with van der Waals surface area (Å²) in [5.41, 5.74) is 0.309. The Hall–Kier alpha value is -1.84. The molecule has 0 radical (unpaired) electrons. The summed E-state index contributed by atoms with van der Waals surface area (Å²) in [6.45, 7) is 3.76. The number of alkyl halides is 4. The Morgan fingerprint density at radius 2 is 1.82 bits per heavy atom. The number of nitrogens with one attached hydrogen (secondary N) is 3. The van der Waals surface area contributed by atoms with Gasteiger partial charge in [-0.05, 0) is 99.8 Å². The fraction of sp³-hybridized carbons (Fsp3) is 0.867. The number of imidazole rings is 1. The molecular weight excluding hydrogens is 522 g/mol. The Bertz CT molecular complexity index is 1080. The average molecular weight is 570 g/mol. The zero-order valence-corrected chi connectivity index (χ0v) is 24.1. The van der Waals surface area contributed by atoms with E-state index < -0.39 is 42.1 Å². The molecule has 9 unspecified atom stereocenters. The van der Waals surface area contributed by atoms with E-state index in [1.165, 1.54) is 0 Å². The van der Waals surface area contributed by atoms with E-state index in [9.17, 15) is 18.0 Å². The first-order chi connectivity index (χ1) is 18.9. The number of rotatable bonds is 8. The highest BCUT2D eigenvalue weighted by atomic mass is 19.3. The first kappa shape index (κ1) is 29.6. The minimum absolute atomic E-state index is 0.0531. The molecule has 2 heterocycles. The lowest BCUT2D eigenvalue weighted by atomic mass is 9.64. The SMILES string of the molecule is CC1CC([C@@H](NC(=O)C2CC(Cn3ccn(C)c3=N)CC(C3CCCNC3C(C)(F)F)C2F)C2CC2)CCC1F. The Labute approximate surface area is 235 Å². The van der Waals surface area contributed by atoms with Crippen LogP contribution in [0.3, 0.4) is 0 Å². The van der Waals surface area contributed by atoms with Crippen molar-refractivity contribution in [2.24, 2.45) is 48.5 Å². The molecule has 0 bridgehead atoms. The van der Waals surface area contributed by atoms with Gasteiger partial charge in [-0.15, -0.1) is 0 Å². The number of carbonyl (C=O) groups is 1.